The van der Waals surface area contributed by atoms with Gasteiger partial charge in [0.2, 0.25) is 0 Å². The van der Waals surface area contributed by atoms with Gasteiger partial charge in [0.15, 0.2) is 0 Å². The van der Waals surface area contributed by atoms with Crippen molar-refractivity contribution in [3.63, 3.8) is 0 Å². The minimum atomic E-state index is 0.115. The highest BCUT2D eigenvalue weighted by molar-refractivity contribution is 5.94. The van der Waals surface area contributed by atoms with E-state index in [1.54, 1.807) is 11.0 Å². The van der Waals surface area contributed by atoms with Crippen LogP contribution in [-0.4, -0.2) is 68.1 Å². The van der Waals surface area contributed by atoms with E-state index in [4.69, 9.17) is 0 Å². The lowest BCUT2D eigenvalue weighted by Crippen LogP contribution is -2.51. The van der Waals surface area contributed by atoms with Gasteiger partial charge in [-0.3, -0.25) is 9.69 Å². The van der Waals surface area contributed by atoms with Crippen LogP contribution >= 0.6 is 0 Å². The summed E-state index contributed by atoms with van der Waals surface area (Å²) in [6, 6.07) is 8.19. The number of amides is 1. The molecule has 2 aromatic rings. The Hall–Kier alpha value is -2.28. The van der Waals surface area contributed by atoms with Crippen LogP contribution in [0.1, 0.15) is 36.0 Å². The molecule has 0 radical (unpaired) electrons. The molecule has 0 spiro atoms. The van der Waals surface area contributed by atoms with E-state index in [0.717, 1.165) is 43.5 Å². The van der Waals surface area contributed by atoms with Gasteiger partial charge < -0.3 is 4.90 Å². The Morgan fingerprint density at radius 3 is 2.33 bits per heavy atom. The molecule has 7 heteroatoms. The Morgan fingerprint density at radius 1 is 1.00 bits per heavy atom. The lowest BCUT2D eigenvalue weighted by Gasteiger charge is -2.38. The molecule has 0 atom stereocenters. The first-order valence-electron chi connectivity index (χ1n) is 8.68. The summed E-state index contributed by atoms with van der Waals surface area (Å²) in [5, 5.41) is 11.1. The van der Waals surface area contributed by atoms with E-state index in [0.29, 0.717) is 0 Å². The summed E-state index contributed by atoms with van der Waals surface area (Å²) in [5.74, 6) is 0.115. The van der Waals surface area contributed by atoms with Crippen molar-refractivity contribution in [2.75, 3.05) is 26.2 Å². The Kier molecular flexibility index (Phi) is 4.25. The molecule has 2 fully saturated rings. The number of hydrogen-bond donors (Lipinski definition) is 0. The molecule has 2 aliphatic rings. The summed E-state index contributed by atoms with van der Waals surface area (Å²) < 4.78 is 1.58. The molecule has 126 valence electrons. The van der Waals surface area contributed by atoms with Crippen molar-refractivity contribution in [2.45, 2.75) is 31.7 Å². The first-order valence-corrected chi connectivity index (χ1v) is 8.68. The van der Waals surface area contributed by atoms with E-state index in [1.807, 2.05) is 29.2 Å². The van der Waals surface area contributed by atoms with Crippen LogP contribution < -0.4 is 0 Å². The quantitative estimate of drug-likeness (QED) is 0.852. The number of tetrazole rings is 1. The molecule has 7 nitrogen and oxygen atoms in total. The summed E-state index contributed by atoms with van der Waals surface area (Å²) in [6.45, 7) is 3.65. The lowest BCUT2D eigenvalue weighted by atomic mass is 10.1. The second-order valence-electron chi connectivity index (χ2n) is 6.57. The van der Waals surface area contributed by atoms with Gasteiger partial charge in [0.1, 0.15) is 6.33 Å². The number of benzene rings is 1. The number of piperazine rings is 1. The first kappa shape index (κ1) is 15.3. The van der Waals surface area contributed by atoms with Crippen molar-refractivity contribution in [3.05, 3.63) is 36.2 Å². The third kappa shape index (κ3) is 3.03. The highest BCUT2D eigenvalue weighted by Gasteiger charge is 2.28. The van der Waals surface area contributed by atoms with Gasteiger partial charge in [0.05, 0.1) is 5.69 Å². The first-order chi connectivity index (χ1) is 11.8. The van der Waals surface area contributed by atoms with Crippen LogP contribution in [0.2, 0.25) is 0 Å². The molecule has 0 N–H and O–H groups in total. The predicted octanol–water partition coefficient (Wildman–Crippen LogP) is 1.36. The summed E-state index contributed by atoms with van der Waals surface area (Å²) in [6.07, 6.45) is 6.91. The van der Waals surface area contributed by atoms with Gasteiger partial charge in [0, 0.05) is 37.8 Å². The van der Waals surface area contributed by atoms with E-state index in [1.165, 1.54) is 25.7 Å². The second kappa shape index (κ2) is 6.68. The van der Waals surface area contributed by atoms with Crippen molar-refractivity contribution in [1.29, 1.82) is 0 Å². The van der Waals surface area contributed by atoms with Gasteiger partial charge in [-0.2, -0.15) is 0 Å². The van der Waals surface area contributed by atoms with Crippen molar-refractivity contribution < 1.29 is 4.79 Å². The fraction of sp³-hybridized carbons (Fsp3) is 0.529. The van der Waals surface area contributed by atoms with Gasteiger partial charge in [-0.1, -0.05) is 12.8 Å². The van der Waals surface area contributed by atoms with Gasteiger partial charge >= 0.3 is 0 Å². The average molecular weight is 326 g/mol. The number of hydrogen-bond acceptors (Lipinski definition) is 5. The van der Waals surface area contributed by atoms with E-state index in [-0.39, 0.29) is 5.91 Å². The SMILES string of the molecule is O=C(c1ccc(-n2cnnn2)cc1)N1CCN(C2CCCC2)CC1. The normalized spacial score (nSPS) is 19.8. The highest BCUT2D eigenvalue weighted by atomic mass is 16.2. The van der Waals surface area contributed by atoms with Gasteiger partial charge in [-0.05, 0) is 47.5 Å². The second-order valence-corrected chi connectivity index (χ2v) is 6.57. The zero-order chi connectivity index (χ0) is 16.4. The summed E-state index contributed by atoms with van der Waals surface area (Å²) in [5.41, 5.74) is 1.57. The van der Waals surface area contributed by atoms with Crippen molar-refractivity contribution >= 4 is 5.91 Å². The zero-order valence-electron chi connectivity index (χ0n) is 13.7. The third-order valence-electron chi connectivity index (χ3n) is 5.17. The minimum absolute atomic E-state index is 0.115. The smallest absolute Gasteiger partial charge is 0.253 e. The Morgan fingerprint density at radius 2 is 1.71 bits per heavy atom. The number of carbonyl (C=O) groups excluding carboxylic acids is 1. The number of nitrogens with zero attached hydrogens (tertiary/aromatic N) is 6. The monoisotopic (exact) mass is 326 g/mol. The summed E-state index contributed by atoms with van der Waals surface area (Å²) in [4.78, 5) is 17.2. The third-order valence-corrected chi connectivity index (χ3v) is 5.17. The van der Waals surface area contributed by atoms with E-state index in [2.05, 4.69) is 20.4 Å². The van der Waals surface area contributed by atoms with Crippen LogP contribution in [0.3, 0.4) is 0 Å². The number of rotatable bonds is 3. The fourth-order valence-corrected chi connectivity index (χ4v) is 3.78. The maximum atomic E-state index is 12.7. The molecule has 1 saturated carbocycles. The molecule has 1 aromatic carbocycles. The standard InChI is InChI=1S/C17H22N6O/c24-17(14-5-7-16(8-6-14)23-13-18-19-20-23)22-11-9-21(10-12-22)15-3-1-2-4-15/h5-8,13,15H,1-4,9-12H2. The van der Waals surface area contributed by atoms with Gasteiger partial charge in [-0.25, -0.2) is 4.68 Å². The molecule has 24 heavy (non-hydrogen) atoms. The molecule has 1 saturated heterocycles. The molecular weight excluding hydrogens is 304 g/mol. The molecule has 0 unspecified atom stereocenters. The molecular formula is C17H22N6O. The van der Waals surface area contributed by atoms with Crippen LogP contribution in [0.25, 0.3) is 5.69 Å². The van der Waals surface area contributed by atoms with Crippen LogP contribution in [0.4, 0.5) is 0 Å². The predicted molar refractivity (Wildman–Crippen MR) is 88.9 cm³/mol. The van der Waals surface area contributed by atoms with E-state index >= 15 is 0 Å². The van der Waals surface area contributed by atoms with Gasteiger partial charge in [0.25, 0.3) is 5.91 Å². The van der Waals surface area contributed by atoms with E-state index in [9.17, 15) is 4.79 Å². The van der Waals surface area contributed by atoms with Crippen LogP contribution in [0.5, 0.6) is 0 Å². The highest BCUT2D eigenvalue weighted by Crippen LogP contribution is 2.24. The van der Waals surface area contributed by atoms with Crippen molar-refractivity contribution in [1.82, 2.24) is 30.0 Å². The Bertz CT molecular complexity index is 670. The molecule has 0 bridgehead atoms. The average Bonchev–Trinajstić information content (AvgIpc) is 3.35. The molecule has 1 aromatic heterocycles. The summed E-state index contributed by atoms with van der Waals surface area (Å²) in [7, 11) is 0. The van der Waals surface area contributed by atoms with Gasteiger partial charge in [-0.15, -0.1) is 5.10 Å². The maximum Gasteiger partial charge on any atom is 0.253 e. The Balaban J connectivity index is 1.37. The van der Waals surface area contributed by atoms with Crippen LogP contribution in [0.15, 0.2) is 30.6 Å². The zero-order valence-corrected chi connectivity index (χ0v) is 13.7. The molecule has 1 amide bonds. The summed E-state index contributed by atoms with van der Waals surface area (Å²) >= 11 is 0. The fourth-order valence-electron chi connectivity index (χ4n) is 3.78. The van der Waals surface area contributed by atoms with Crippen molar-refractivity contribution in [2.24, 2.45) is 0 Å². The topological polar surface area (TPSA) is 67.2 Å². The molecule has 2 heterocycles. The van der Waals surface area contributed by atoms with E-state index < -0.39 is 0 Å². The minimum Gasteiger partial charge on any atom is -0.336 e. The van der Waals surface area contributed by atoms with Crippen LogP contribution in [0, 0.1) is 0 Å². The Labute approximate surface area is 141 Å². The number of carbonyl (C=O) groups is 1. The lowest BCUT2D eigenvalue weighted by molar-refractivity contribution is 0.0573. The molecule has 1 aliphatic carbocycles. The van der Waals surface area contributed by atoms with Crippen molar-refractivity contribution in [3.8, 4) is 5.69 Å². The maximum absolute atomic E-state index is 12.7. The largest absolute Gasteiger partial charge is 0.336 e. The number of aromatic nitrogens is 4. The van der Waals surface area contributed by atoms with Crippen LogP contribution in [-0.2, 0) is 0 Å². The molecule has 4 rings (SSSR count). The molecule has 1 aliphatic heterocycles.